The van der Waals surface area contributed by atoms with Crippen LogP contribution < -0.4 is 4.57 Å². The van der Waals surface area contributed by atoms with Crippen molar-refractivity contribution in [2.75, 3.05) is 0 Å². The molecule has 3 aromatic carbocycles. The number of aromatic nitrogens is 1. The molecule has 0 aliphatic carbocycles. The fourth-order valence-corrected chi connectivity index (χ4v) is 3.61. The number of pyridine rings is 1. The van der Waals surface area contributed by atoms with Gasteiger partial charge in [0.1, 0.15) is 0 Å². The molecule has 138 valence electrons. The number of hydrogen-bond acceptors (Lipinski definition) is 1. The highest BCUT2D eigenvalue weighted by Gasteiger charge is 2.21. The first-order valence-corrected chi connectivity index (χ1v) is 9.73. The van der Waals surface area contributed by atoms with E-state index in [9.17, 15) is 4.79 Å². The Labute approximate surface area is 166 Å². The average Bonchev–Trinajstić information content (AvgIpc) is 2.74. The molecule has 0 spiro atoms. The zero-order valence-electron chi connectivity index (χ0n) is 16.3. The molecule has 0 atom stereocenters. The van der Waals surface area contributed by atoms with Crippen LogP contribution in [0.25, 0.3) is 22.0 Å². The van der Waals surface area contributed by atoms with E-state index in [1.54, 1.807) is 0 Å². The quantitative estimate of drug-likeness (QED) is 0.323. The van der Waals surface area contributed by atoms with Gasteiger partial charge >= 0.3 is 0 Å². The van der Waals surface area contributed by atoms with E-state index < -0.39 is 0 Å². The van der Waals surface area contributed by atoms with Gasteiger partial charge in [0.2, 0.25) is 18.0 Å². The van der Waals surface area contributed by atoms with Crippen LogP contribution >= 0.6 is 0 Å². The monoisotopic (exact) mass is 366 g/mol. The van der Waals surface area contributed by atoms with Crippen molar-refractivity contribution in [3.63, 3.8) is 0 Å². The predicted molar refractivity (Wildman–Crippen MR) is 114 cm³/mol. The molecule has 28 heavy (non-hydrogen) atoms. The zero-order chi connectivity index (χ0) is 19.5. The Kier molecular flexibility index (Phi) is 5.03. The van der Waals surface area contributed by atoms with Crippen molar-refractivity contribution in [2.24, 2.45) is 0 Å². The summed E-state index contributed by atoms with van der Waals surface area (Å²) in [6.07, 6.45) is 2.02. The molecule has 0 radical (unpaired) electrons. The summed E-state index contributed by atoms with van der Waals surface area (Å²) >= 11 is 0. The van der Waals surface area contributed by atoms with Crippen LogP contribution in [0.5, 0.6) is 0 Å². The van der Waals surface area contributed by atoms with Crippen LogP contribution in [0.1, 0.15) is 35.7 Å². The van der Waals surface area contributed by atoms with E-state index >= 15 is 0 Å². The normalized spacial score (nSPS) is 11.1. The van der Waals surface area contributed by atoms with Gasteiger partial charge in [0.25, 0.3) is 0 Å². The molecular weight excluding hydrogens is 342 g/mol. The summed E-state index contributed by atoms with van der Waals surface area (Å²) in [6.45, 7) is 4.72. The maximum absolute atomic E-state index is 12.9. The van der Waals surface area contributed by atoms with Crippen LogP contribution in [0.2, 0.25) is 0 Å². The zero-order valence-corrected chi connectivity index (χ0v) is 16.3. The number of Topliss-reactive ketones (excluding diaryl/α,β-unsaturated/α-hetero) is 1. The fourth-order valence-electron chi connectivity index (χ4n) is 3.61. The number of fused-ring (bicyclic) bond motifs is 1. The van der Waals surface area contributed by atoms with Gasteiger partial charge in [-0.2, -0.15) is 4.57 Å². The van der Waals surface area contributed by atoms with E-state index in [-0.39, 0.29) is 5.78 Å². The molecule has 1 heterocycles. The molecule has 0 aliphatic heterocycles. The Morgan fingerprint density at radius 1 is 0.821 bits per heavy atom. The third-order valence-corrected chi connectivity index (χ3v) is 5.20. The molecule has 0 saturated heterocycles. The van der Waals surface area contributed by atoms with Crippen molar-refractivity contribution in [1.82, 2.24) is 0 Å². The summed E-state index contributed by atoms with van der Waals surface area (Å²) in [5, 5.41) is 2.33. The lowest BCUT2D eigenvalue weighted by Gasteiger charge is -2.10. The standard InChI is InChI=1S/C26H24NO/c1-19(2)20-12-14-23(15-13-20)26-24-11-7-6-8-21(24)16-17-27(26)18-25(28)22-9-4-3-5-10-22/h3-17,19H,18H2,1-2H3/q+1. The van der Waals surface area contributed by atoms with Crippen LogP contribution in [-0.2, 0) is 6.54 Å². The van der Waals surface area contributed by atoms with Crippen molar-refractivity contribution >= 4 is 16.6 Å². The van der Waals surface area contributed by atoms with E-state index in [1.165, 1.54) is 10.9 Å². The van der Waals surface area contributed by atoms with Crippen molar-refractivity contribution in [2.45, 2.75) is 26.3 Å². The second-order valence-electron chi connectivity index (χ2n) is 7.45. The molecule has 4 rings (SSSR count). The Morgan fingerprint density at radius 3 is 2.21 bits per heavy atom. The van der Waals surface area contributed by atoms with Gasteiger partial charge in [-0.3, -0.25) is 4.79 Å². The maximum atomic E-state index is 12.9. The van der Waals surface area contributed by atoms with Crippen LogP contribution in [0.15, 0.2) is 91.1 Å². The highest BCUT2D eigenvalue weighted by Crippen LogP contribution is 2.27. The number of rotatable bonds is 5. The Bertz CT molecular complexity index is 1110. The van der Waals surface area contributed by atoms with Gasteiger partial charge in [-0.15, -0.1) is 0 Å². The molecule has 0 saturated carbocycles. The number of carbonyl (C=O) groups excluding carboxylic acids is 1. The highest BCUT2D eigenvalue weighted by molar-refractivity contribution is 5.96. The Balaban J connectivity index is 1.82. The topological polar surface area (TPSA) is 20.9 Å². The molecule has 4 aromatic rings. The van der Waals surface area contributed by atoms with Gasteiger partial charge in [0, 0.05) is 17.2 Å². The summed E-state index contributed by atoms with van der Waals surface area (Å²) in [7, 11) is 0. The highest BCUT2D eigenvalue weighted by atomic mass is 16.1. The second kappa shape index (κ2) is 7.77. The number of ketones is 1. The number of carbonyl (C=O) groups is 1. The lowest BCUT2D eigenvalue weighted by Crippen LogP contribution is -2.40. The minimum Gasteiger partial charge on any atom is -0.287 e. The Morgan fingerprint density at radius 2 is 1.50 bits per heavy atom. The van der Waals surface area contributed by atoms with Crippen molar-refractivity contribution < 1.29 is 9.36 Å². The molecule has 0 N–H and O–H groups in total. The summed E-state index contributed by atoms with van der Waals surface area (Å²) < 4.78 is 2.07. The summed E-state index contributed by atoms with van der Waals surface area (Å²) in [6, 6.07) is 28.6. The van der Waals surface area contributed by atoms with Crippen molar-refractivity contribution in [3.8, 4) is 11.3 Å². The van der Waals surface area contributed by atoms with Gasteiger partial charge in [0.05, 0.1) is 5.39 Å². The first kappa shape index (κ1) is 18.1. The van der Waals surface area contributed by atoms with E-state index in [2.05, 4.69) is 66.9 Å². The third-order valence-electron chi connectivity index (χ3n) is 5.20. The summed E-state index contributed by atoms with van der Waals surface area (Å²) in [4.78, 5) is 12.9. The van der Waals surface area contributed by atoms with Gasteiger partial charge in [0.15, 0.2) is 6.20 Å². The second-order valence-corrected chi connectivity index (χ2v) is 7.45. The fraction of sp³-hybridized carbons (Fsp3) is 0.154. The first-order chi connectivity index (χ1) is 13.6. The minimum atomic E-state index is 0.112. The molecule has 0 unspecified atom stereocenters. The molecular formula is C26H24NO+. The van der Waals surface area contributed by atoms with Crippen LogP contribution in [-0.4, -0.2) is 5.78 Å². The van der Waals surface area contributed by atoms with E-state index in [1.807, 2.05) is 42.6 Å². The lowest BCUT2D eigenvalue weighted by atomic mass is 9.98. The SMILES string of the molecule is CC(C)c1ccc(-c2c3ccccc3cc[n+]2CC(=O)c2ccccc2)cc1. The summed E-state index contributed by atoms with van der Waals surface area (Å²) in [5.41, 5.74) is 4.26. The molecule has 0 aliphatic rings. The molecule has 2 heteroatoms. The molecule has 0 bridgehead atoms. The van der Waals surface area contributed by atoms with Gasteiger partial charge in [-0.05, 0) is 35.1 Å². The average molecular weight is 366 g/mol. The minimum absolute atomic E-state index is 0.112. The van der Waals surface area contributed by atoms with Gasteiger partial charge in [-0.1, -0.05) is 74.5 Å². The smallest absolute Gasteiger partial charge is 0.227 e. The molecule has 0 fully saturated rings. The van der Waals surface area contributed by atoms with Gasteiger partial charge in [-0.25, -0.2) is 0 Å². The van der Waals surface area contributed by atoms with Crippen LogP contribution in [0.3, 0.4) is 0 Å². The molecule has 0 amide bonds. The van der Waals surface area contributed by atoms with Crippen molar-refractivity contribution in [1.29, 1.82) is 0 Å². The molecule has 2 nitrogen and oxygen atoms in total. The van der Waals surface area contributed by atoms with E-state index in [4.69, 9.17) is 0 Å². The van der Waals surface area contributed by atoms with Crippen molar-refractivity contribution in [3.05, 3.63) is 102 Å². The predicted octanol–water partition coefficient (Wildman–Crippen LogP) is 5.80. The lowest BCUT2D eigenvalue weighted by molar-refractivity contribution is -0.671. The first-order valence-electron chi connectivity index (χ1n) is 9.73. The van der Waals surface area contributed by atoms with E-state index in [0.717, 1.165) is 22.2 Å². The number of hydrogen-bond donors (Lipinski definition) is 0. The van der Waals surface area contributed by atoms with Gasteiger partial charge < -0.3 is 0 Å². The maximum Gasteiger partial charge on any atom is 0.227 e. The Hall–Kier alpha value is -3.26. The summed E-state index contributed by atoms with van der Waals surface area (Å²) in [5.74, 6) is 0.606. The largest absolute Gasteiger partial charge is 0.287 e. The number of benzene rings is 3. The molecule has 1 aromatic heterocycles. The van der Waals surface area contributed by atoms with E-state index in [0.29, 0.717) is 12.5 Å². The van der Waals surface area contributed by atoms with Crippen LogP contribution in [0, 0.1) is 0 Å². The van der Waals surface area contributed by atoms with Crippen LogP contribution in [0.4, 0.5) is 0 Å². The third kappa shape index (κ3) is 3.59. The number of nitrogens with zero attached hydrogens (tertiary/aromatic N) is 1.